The smallest absolute Gasteiger partial charge is 0.141 e. The minimum absolute atomic E-state index is 0.0782. The van der Waals surface area contributed by atoms with Crippen LogP contribution >= 0.6 is 11.6 Å². The quantitative estimate of drug-likeness (QED) is 0.752. The second-order valence-corrected chi connectivity index (χ2v) is 6.01. The van der Waals surface area contributed by atoms with Crippen molar-refractivity contribution in [1.29, 1.82) is 0 Å². The van der Waals surface area contributed by atoms with Crippen LogP contribution in [0.1, 0.15) is 11.1 Å². The Morgan fingerprint density at radius 2 is 1.83 bits per heavy atom. The highest BCUT2D eigenvalue weighted by atomic mass is 35.5. The number of nitrogens with two attached hydrogens (primary N) is 1. The maximum Gasteiger partial charge on any atom is 0.141 e. The van der Waals surface area contributed by atoms with E-state index in [-0.39, 0.29) is 5.02 Å². The summed E-state index contributed by atoms with van der Waals surface area (Å²) in [6.07, 6.45) is 1.71. The van der Waals surface area contributed by atoms with Crippen molar-refractivity contribution < 1.29 is 4.39 Å². The van der Waals surface area contributed by atoms with Gasteiger partial charge >= 0.3 is 0 Å². The second-order valence-electron chi connectivity index (χ2n) is 5.60. The van der Waals surface area contributed by atoms with Crippen LogP contribution in [0.2, 0.25) is 5.02 Å². The minimum Gasteiger partial charge on any atom is -0.383 e. The molecule has 2 heterocycles. The van der Waals surface area contributed by atoms with Crippen molar-refractivity contribution in [3.63, 3.8) is 0 Å². The van der Waals surface area contributed by atoms with Crippen LogP contribution in [0.3, 0.4) is 0 Å². The number of aliphatic imine (C=N–C) groups is 1. The van der Waals surface area contributed by atoms with Crippen LogP contribution in [0.5, 0.6) is 0 Å². The molecular weight excluding hydrogens is 325 g/mol. The van der Waals surface area contributed by atoms with Gasteiger partial charge in [0.05, 0.1) is 17.3 Å². The van der Waals surface area contributed by atoms with Gasteiger partial charge in [0, 0.05) is 22.9 Å². The molecule has 0 aliphatic carbocycles. The van der Waals surface area contributed by atoms with Crippen molar-refractivity contribution in [3.8, 4) is 22.4 Å². The number of rotatable bonds is 2. The number of halogens is 2. The number of pyridine rings is 1. The van der Waals surface area contributed by atoms with E-state index in [1.165, 1.54) is 6.07 Å². The molecule has 0 radical (unpaired) electrons. The maximum absolute atomic E-state index is 13.5. The molecule has 1 aromatic heterocycles. The van der Waals surface area contributed by atoms with E-state index in [2.05, 4.69) is 9.98 Å². The van der Waals surface area contributed by atoms with Gasteiger partial charge in [0.1, 0.15) is 11.7 Å². The van der Waals surface area contributed by atoms with E-state index in [1.54, 1.807) is 18.3 Å². The number of fused-ring (bicyclic) bond motifs is 1. The molecule has 5 heteroatoms. The van der Waals surface area contributed by atoms with Crippen LogP contribution in [0.25, 0.3) is 22.4 Å². The molecule has 1 aliphatic heterocycles. The lowest BCUT2D eigenvalue weighted by molar-refractivity contribution is 0.628. The Hall–Kier alpha value is -2.72. The first-order chi connectivity index (χ1) is 11.6. The normalized spacial score (nSPS) is 12.8. The van der Waals surface area contributed by atoms with Gasteiger partial charge < -0.3 is 5.73 Å². The lowest BCUT2D eigenvalue weighted by Crippen LogP contribution is -2.10. The van der Waals surface area contributed by atoms with E-state index in [0.29, 0.717) is 12.4 Å². The zero-order valence-electron chi connectivity index (χ0n) is 12.6. The Balaban J connectivity index is 1.87. The Morgan fingerprint density at radius 3 is 2.67 bits per heavy atom. The highest BCUT2D eigenvalue weighted by Crippen LogP contribution is 2.33. The fourth-order valence-corrected chi connectivity index (χ4v) is 3.07. The van der Waals surface area contributed by atoms with Gasteiger partial charge in [-0.1, -0.05) is 29.8 Å². The van der Waals surface area contributed by atoms with Gasteiger partial charge in [0.15, 0.2) is 0 Å². The summed E-state index contributed by atoms with van der Waals surface area (Å²) in [6.45, 7) is 0.620. The molecule has 3 nitrogen and oxygen atoms in total. The molecule has 2 N–H and O–H groups in total. The molecule has 0 unspecified atom stereocenters. The molecular formula is C19H13ClFN3. The fraction of sp³-hybridized carbons (Fsp3) is 0.0526. The third-order valence-electron chi connectivity index (χ3n) is 4.12. The summed E-state index contributed by atoms with van der Waals surface area (Å²) in [7, 11) is 0. The molecule has 0 fully saturated rings. The second kappa shape index (κ2) is 5.73. The van der Waals surface area contributed by atoms with Gasteiger partial charge in [0.2, 0.25) is 0 Å². The minimum atomic E-state index is -0.445. The first kappa shape index (κ1) is 14.8. The standard InChI is InChI=1S/C19H13ClFN3/c20-16-9-12(5-6-17(16)21)18-14(2-1-7-23-18)11-3-4-13-10-24-19(22)15(13)8-11/h1-9H,10H2,(H2,22,24). The molecule has 1 aliphatic rings. The Labute approximate surface area is 143 Å². The van der Waals surface area contributed by atoms with Crippen LogP contribution < -0.4 is 5.73 Å². The zero-order chi connectivity index (χ0) is 16.7. The van der Waals surface area contributed by atoms with Gasteiger partial charge in [-0.2, -0.15) is 0 Å². The van der Waals surface area contributed by atoms with Crippen molar-refractivity contribution in [1.82, 2.24) is 4.98 Å². The van der Waals surface area contributed by atoms with E-state index in [9.17, 15) is 4.39 Å². The molecule has 24 heavy (non-hydrogen) atoms. The third-order valence-corrected chi connectivity index (χ3v) is 4.41. The molecule has 0 spiro atoms. The number of hydrogen-bond acceptors (Lipinski definition) is 3. The first-order valence-electron chi connectivity index (χ1n) is 7.47. The van der Waals surface area contributed by atoms with Crippen LogP contribution in [-0.4, -0.2) is 10.8 Å². The van der Waals surface area contributed by atoms with Crippen molar-refractivity contribution >= 4 is 17.4 Å². The van der Waals surface area contributed by atoms with Crippen molar-refractivity contribution in [3.05, 3.63) is 76.7 Å². The lowest BCUT2D eigenvalue weighted by atomic mass is 9.96. The molecule has 0 atom stereocenters. The predicted octanol–water partition coefficient (Wildman–Crippen LogP) is 4.43. The van der Waals surface area contributed by atoms with Crippen molar-refractivity contribution in [2.75, 3.05) is 0 Å². The summed E-state index contributed by atoms with van der Waals surface area (Å²) >= 11 is 5.92. The zero-order valence-corrected chi connectivity index (χ0v) is 13.4. The lowest BCUT2D eigenvalue weighted by Gasteiger charge is -2.11. The maximum atomic E-state index is 13.5. The topological polar surface area (TPSA) is 51.3 Å². The summed E-state index contributed by atoms with van der Waals surface area (Å²) in [6, 6.07) is 14.5. The van der Waals surface area contributed by atoms with Gasteiger partial charge in [-0.25, -0.2) is 4.39 Å². The summed E-state index contributed by atoms with van der Waals surface area (Å²) in [4.78, 5) is 8.73. The first-order valence-corrected chi connectivity index (χ1v) is 7.85. The van der Waals surface area contributed by atoms with Crippen LogP contribution in [0.4, 0.5) is 4.39 Å². The molecule has 0 saturated carbocycles. The van der Waals surface area contributed by atoms with E-state index < -0.39 is 5.82 Å². The molecule has 3 aromatic rings. The monoisotopic (exact) mass is 337 g/mol. The number of benzene rings is 2. The molecule has 0 saturated heterocycles. The van der Waals surface area contributed by atoms with E-state index in [4.69, 9.17) is 17.3 Å². The van der Waals surface area contributed by atoms with E-state index in [0.717, 1.165) is 33.5 Å². The summed E-state index contributed by atoms with van der Waals surface area (Å²) < 4.78 is 13.5. The molecule has 0 bridgehead atoms. The van der Waals surface area contributed by atoms with Gasteiger partial charge in [-0.15, -0.1) is 0 Å². The SMILES string of the molecule is NC1=NCc2ccc(-c3cccnc3-c3ccc(F)c(Cl)c3)cc21. The van der Waals surface area contributed by atoms with Gasteiger partial charge in [-0.3, -0.25) is 9.98 Å². The average Bonchev–Trinajstić information content (AvgIpc) is 2.98. The van der Waals surface area contributed by atoms with E-state index >= 15 is 0 Å². The van der Waals surface area contributed by atoms with Gasteiger partial charge in [0.25, 0.3) is 0 Å². The van der Waals surface area contributed by atoms with Crippen LogP contribution in [0.15, 0.2) is 59.7 Å². The predicted molar refractivity (Wildman–Crippen MR) is 94.5 cm³/mol. The van der Waals surface area contributed by atoms with Crippen LogP contribution in [0, 0.1) is 5.82 Å². The number of nitrogens with zero attached hydrogens (tertiary/aromatic N) is 2. The van der Waals surface area contributed by atoms with Gasteiger partial charge in [-0.05, 0) is 41.5 Å². The number of hydrogen-bond donors (Lipinski definition) is 1. The Bertz CT molecular complexity index is 982. The highest BCUT2D eigenvalue weighted by molar-refractivity contribution is 6.31. The number of amidine groups is 1. The summed E-state index contributed by atoms with van der Waals surface area (Å²) in [5, 5.41) is 0.0782. The molecule has 4 rings (SSSR count). The largest absolute Gasteiger partial charge is 0.383 e. The summed E-state index contributed by atoms with van der Waals surface area (Å²) in [5.74, 6) is 0.113. The van der Waals surface area contributed by atoms with E-state index in [1.807, 2.05) is 30.3 Å². The Morgan fingerprint density at radius 1 is 1.00 bits per heavy atom. The van der Waals surface area contributed by atoms with Crippen molar-refractivity contribution in [2.24, 2.45) is 10.7 Å². The average molecular weight is 338 g/mol. The molecule has 118 valence electrons. The summed E-state index contributed by atoms with van der Waals surface area (Å²) in [5.41, 5.74) is 11.5. The highest BCUT2D eigenvalue weighted by Gasteiger charge is 2.16. The van der Waals surface area contributed by atoms with Crippen LogP contribution in [-0.2, 0) is 6.54 Å². The third kappa shape index (κ3) is 2.45. The number of aromatic nitrogens is 1. The van der Waals surface area contributed by atoms with Crippen molar-refractivity contribution in [2.45, 2.75) is 6.54 Å². The molecule has 0 amide bonds. The fourth-order valence-electron chi connectivity index (χ4n) is 2.89. The Kier molecular flexibility index (Phi) is 3.54. The molecule has 2 aromatic carbocycles.